The van der Waals surface area contributed by atoms with Gasteiger partial charge in [-0.2, -0.15) is 0 Å². The minimum absolute atomic E-state index is 0. The van der Waals surface area contributed by atoms with Crippen molar-refractivity contribution < 1.29 is 36.3 Å². The normalized spacial score (nSPS) is 8.70. The second-order valence-corrected chi connectivity index (χ2v) is 4.05. The molecule has 0 aliphatic rings. The summed E-state index contributed by atoms with van der Waals surface area (Å²) >= 11 is 0. The number of aliphatic carboxylic acids is 2. The molecule has 2 aromatic rings. The fraction of sp³-hybridized carbons (Fsp3) is 0.125. The summed E-state index contributed by atoms with van der Waals surface area (Å²) in [5, 5.41) is 27.4. The first-order valence-electron chi connectivity index (χ1n) is 6.42. The number of carboxylic acid groups (broad SMARTS) is 2. The molecule has 2 rings (SSSR count). The average Bonchev–Trinajstić information content (AvgIpc) is 2.53. The number of carboxylic acids is 2. The molecule has 6 nitrogen and oxygen atoms in total. The number of benzene rings is 2. The van der Waals surface area contributed by atoms with Gasteiger partial charge in [-0.05, 0) is 0 Å². The average molecular weight is 357 g/mol. The van der Waals surface area contributed by atoms with E-state index in [1.54, 1.807) is 48.5 Å². The number of carbonyl (C=O) groups excluding carboxylic acids is 2. The number of carbonyl (C=O) groups is 2. The Morgan fingerprint density at radius 1 is 0.696 bits per heavy atom. The van der Waals surface area contributed by atoms with Crippen LogP contribution in [0.25, 0.3) is 10.6 Å². The van der Waals surface area contributed by atoms with Crippen LogP contribution in [0.4, 0.5) is 11.4 Å². The van der Waals surface area contributed by atoms with E-state index in [1.807, 2.05) is 12.1 Å². The van der Waals surface area contributed by atoms with Crippen molar-refractivity contribution in [1.82, 2.24) is 0 Å². The van der Waals surface area contributed by atoms with Gasteiger partial charge in [-0.25, -0.2) is 0 Å². The summed E-state index contributed by atoms with van der Waals surface area (Å²) < 4.78 is 0. The zero-order valence-corrected chi connectivity index (χ0v) is 13.0. The van der Waals surface area contributed by atoms with Crippen LogP contribution in [0, 0.1) is 0 Å². The zero-order chi connectivity index (χ0) is 16.2. The van der Waals surface area contributed by atoms with Crippen LogP contribution in [0.1, 0.15) is 0 Å². The molecule has 0 aromatic heterocycles. The van der Waals surface area contributed by atoms with Crippen molar-refractivity contribution in [3.05, 3.63) is 71.3 Å². The molecule has 0 atom stereocenters. The van der Waals surface area contributed by atoms with Crippen LogP contribution < -0.4 is 10.2 Å². The third-order valence-electron chi connectivity index (χ3n) is 2.29. The summed E-state index contributed by atoms with van der Waals surface area (Å²) in [6.45, 7) is -0.548. The van der Waals surface area contributed by atoms with Crippen molar-refractivity contribution in [2.24, 2.45) is 0 Å². The molecule has 0 aliphatic carbocycles. The topological polar surface area (TPSA) is 108 Å². The quantitative estimate of drug-likeness (QED) is 0.715. The van der Waals surface area contributed by atoms with Crippen LogP contribution in [-0.2, 0) is 26.1 Å². The Bertz CT molecular complexity index is 526. The Balaban J connectivity index is 0.000000403. The van der Waals surface area contributed by atoms with E-state index in [9.17, 15) is 19.8 Å². The molecule has 0 amide bonds. The molecule has 0 saturated heterocycles. The van der Waals surface area contributed by atoms with E-state index >= 15 is 0 Å². The van der Waals surface area contributed by atoms with Gasteiger partial charge in [0.2, 0.25) is 0 Å². The van der Waals surface area contributed by atoms with E-state index in [-0.39, 0.29) is 29.6 Å². The van der Waals surface area contributed by atoms with E-state index in [1.165, 1.54) is 0 Å². The maximum Gasteiger partial charge on any atom is 2.00 e. The number of hydrogen-bond donors (Lipinski definition) is 0. The molecular weight excluding hydrogens is 343 g/mol. The van der Waals surface area contributed by atoms with Crippen LogP contribution in [0.2, 0.25) is 0 Å². The predicted octanol–water partition coefficient (Wildman–Crippen LogP) is 0.881. The van der Waals surface area contributed by atoms with Crippen molar-refractivity contribution in [3.63, 3.8) is 0 Å². The van der Waals surface area contributed by atoms with Gasteiger partial charge in [0.25, 0.3) is 0 Å². The van der Waals surface area contributed by atoms with Gasteiger partial charge < -0.3 is 30.4 Å². The number of para-hydroxylation sites is 2. The Labute approximate surface area is 144 Å². The Morgan fingerprint density at radius 3 is 1.26 bits per heavy atom. The molecule has 7 heteroatoms. The van der Waals surface area contributed by atoms with E-state index in [0.717, 1.165) is 0 Å². The van der Waals surface area contributed by atoms with Gasteiger partial charge in [-0.1, -0.05) is 73.8 Å². The largest absolute Gasteiger partial charge is 2.00 e. The molecule has 0 saturated carbocycles. The fourth-order valence-electron chi connectivity index (χ4n) is 1.38. The summed E-state index contributed by atoms with van der Waals surface area (Å²) in [6, 6.07) is 17.8. The van der Waals surface area contributed by atoms with Gasteiger partial charge in [0.1, 0.15) is 0 Å². The van der Waals surface area contributed by atoms with Crippen LogP contribution in [0.3, 0.4) is 0 Å². The van der Waals surface area contributed by atoms with Crippen molar-refractivity contribution in [2.75, 3.05) is 13.1 Å². The Morgan fingerprint density at radius 2 is 1.00 bits per heavy atom. The van der Waals surface area contributed by atoms with Crippen molar-refractivity contribution in [3.8, 4) is 0 Å². The smallest absolute Gasteiger partial charge is 0.680 e. The first kappa shape index (κ1) is 20.5. The van der Waals surface area contributed by atoms with Crippen molar-refractivity contribution >= 4 is 23.3 Å². The third-order valence-corrected chi connectivity index (χ3v) is 2.29. The van der Waals surface area contributed by atoms with Gasteiger partial charge in [0.15, 0.2) is 0 Å². The molecule has 23 heavy (non-hydrogen) atoms. The molecule has 0 heterocycles. The summed E-state index contributed by atoms with van der Waals surface area (Å²) in [7, 11) is 0. The van der Waals surface area contributed by atoms with Gasteiger partial charge >= 0.3 is 16.5 Å². The molecule has 0 N–H and O–H groups in total. The van der Waals surface area contributed by atoms with Crippen molar-refractivity contribution in [2.45, 2.75) is 0 Å². The maximum atomic E-state index is 9.97. The van der Waals surface area contributed by atoms with E-state index in [4.69, 9.17) is 0 Å². The van der Waals surface area contributed by atoms with Gasteiger partial charge in [-0.15, -0.1) is 11.4 Å². The SMILES string of the molecule is O=C([O-])C[N-]c1ccccc1.O=C([O-])C[N-]c1ccccc1.[Ni+2]. The summed E-state index contributed by atoms with van der Waals surface area (Å²) in [6.07, 6.45) is 0. The van der Waals surface area contributed by atoms with E-state index in [2.05, 4.69) is 10.6 Å². The second kappa shape index (κ2) is 12.1. The predicted molar refractivity (Wildman–Crippen MR) is 78.7 cm³/mol. The Kier molecular flexibility index (Phi) is 10.7. The molecule has 124 valence electrons. The molecule has 0 spiro atoms. The zero-order valence-electron chi connectivity index (χ0n) is 12.0. The molecular formula is C16H14N2NiO4-2. The second-order valence-electron chi connectivity index (χ2n) is 4.05. The third kappa shape index (κ3) is 10.8. The van der Waals surface area contributed by atoms with E-state index in [0.29, 0.717) is 11.4 Å². The van der Waals surface area contributed by atoms with Crippen molar-refractivity contribution in [1.29, 1.82) is 0 Å². The van der Waals surface area contributed by atoms with Crippen LogP contribution in [0.5, 0.6) is 0 Å². The molecule has 0 aliphatic heterocycles. The Hall–Kier alpha value is -2.53. The first-order valence-corrected chi connectivity index (χ1v) is 6.42. The van der Waals surface area contributed by atoms with E-state index < -0.39 is 11.9 Å². The number of hydrogen-bond acceptors (Lipinski definition) is 4. The van der Waals surface area contributed by atoms with Gasteiger partial charge in [-0.3, -0.25) is 0 Å². The standard InChI is InChI=1S/2C8H8NO2.Ni/c2*10-8(11)6-9-7-4-2-1-3-5-7;/h2*1-5H,6H2,(H,10,11);/q2*-1;+2/p-2. The van der Waals surface area contributed by atoms with Gasteiger partial charge in [0.05, 0.1) is 0 Å². The number of rotatable bonds is 6. The van der Waals surface area contributed by atoms with Crippen LogP contribution in [-0.4, -0.2) is 25.0 Å². The van der Waals surface area contributed by atoms with Crippen LogP contribution >= 0.6 is 0 Å². The minimum atomic E-state index is -1.16. The first-order chi connectivity index (χ1) is 10.6. The van der Waals surface area contributed by atoms with Crippen LogP contribution in [0.15, 0.2) is 60.7 Å². The molecule has 0 bridgehead atoms. The molecule has 0 radical (unpaired) electrons. The molecule has 2 aromatic carbocycles. The minimum Gasteiger partial charge on any atom is -0.680 e. The summed E-state index contributed by atoms with van der Waals surface area (Å²) in [4.78, 5) is 19.9. The summed E-state index contributed by atoms with van der Waals surface area (Å²) in [5.41, 5.74) is 1.33. The fourth-order valence-corrected chi connectivity index (χ4v) is 1.38. The van der Waals surface area contributed by atoms with Gasteiger partial charge in [0, 0.05) is 11.9 Å². The number of nitrogens with zero attached hydrogens (tertiary/aromatic N) is 2. The maximum absolute atomic E-state index is 9.97. The molecule has 0 unspecified atom stereocenters. The molecule has 0 fully saturated rings. The monoisotopic (exact) mass is 356 g/mol. The summed E-state index contributed by atoms with van der Waals surface area (Å²) in [5.74, 6) is -2.32.